The van der Waals surface area contributed by atoms with Gasteiger partial charge in [-0.1, -0.05) is 5.10 Å². The first-order valence-corrected chi connectivity index (χ1v) is 6.71. The molecular weight excluding hydrogens is 248 g/mol. The van der Waals surface area contributed by atoms with Crippen LogP contribution in [0.3, 0.4) is 0 Å². The van der Waals surface area contributed by atoms with E-state index < -0.39 is 0 Å². The SMILES string of the molecule is COCCNCc1nnc(N2CCC(CCO)C2)o1. The molecule has 1 aliphatic rings. The zero-order valence-electron chi connectivity index (χ0n) is 11.3. The molecule has 1 aromatic rings. The van der Waals surface area contributed by atoms with E-state index in [1.807, 2.05) is 0 Å². The van der Waals surface area contributed by atoms with Crippen LogP contribution in [0.2, 0.25) is 0 Å². The fraction of sp³-hybridized carbons (Fsp3) is 0.833. The third-order valence-electron chi connectivity index (χ3n) is 3.31. The number of aliphatic hydroxyl groups is 1. The maximum absolute atomic E-state index is 8.94. The van der Waals surface area contributed by atoms with Gasteiger partial charge in [-0.2, -0.15) is 0 Å². The molecule has 7 nitrogen and oxygen atoms in total. The highest BCUT2D eigenvalue weighted by atomic mass is 16.5. The number of hydrogen-bond acceptors (Lipinski definition) is 7. The first-order chi connectivity index (χ1) is 9.33. The quantitative estimate of drug-likeness (QED) is 0.644. The summed E-state index contributed by atoms with van der Waals surface area (Å²) in [5.74, 6) is 1.12. The highest BCUT2D eigenvalue weighted by Gasteiger charge is 2.25. The number of methoxy groups -OCH3 is 1. The average molecular weight is 270 g/mol. The van der Waals surface area contributed by atoms with Crippen LogP contribution in [0.1, 0.15) is 18.7 Å². The molecule has 1 aromatic heterocycles. The van der Waals surface area contributed by atoms with E-state index in [1.165, 1.54) is 0 Å². The summed E-state index contributed by atoms with van der Waals surface area (Å²) in [4.78, 5) is 2.09. The summed E-state index contributed by atoms with van der Waals surface area (Å²) < 4.78 is 10.6. The molecule has 2 heterocycles. The van der Waals surface area contributed by atoms with Crippen molar-refractivity contribution in [2.75, 3.05) is 44.9 Å². The molecule has 0 bridgehead atoms. The molecule has 1 aliphatic heterocycles. The van der Waals surface area contributed by atoms with Gasteiger partial charge in [-0.05, 0) is 18.8 Å². The fourth-order valence-corrected chi connectivity index (χ4v) is 2.24. The Hall–Kier alpha value is -1.18. The van der Waals surface area contributed by atoms with Crippen molar-refractivity contribution in [3.8, 4) is 0 Å². The average Bonchev–Trinajstić information content (AvgIpc) is 3.04. The van der Waals surface area contributed by atoms with Crippen molar-refractivity contribution < 1.29 is 14.3 Å². The lowest BCUT2D eigenvalue weighted by Gasteiger charge is -2.12. The summed E-state index contributed by atoms with van der Waals surface area (Å²) in [5, 5.41) is 20.2. The molecule has 0 radical (unpaired) electrons. The van der Waals surface area contributed by atoms with Crippen molar-refractivity contribution >= 4 is 6.01 Å². The van der Waals surface area contributed by atoms with Gasteiger partial charge in [-0.15, -0.1) is 5.10 Å². The monoisotopic (exact) mass is 270 g/mol. The predicted octanol–water partition coefficient (Wildman–Crippen LogP) is 0.0143. The maximum atomic E-state index is 8.94. The summed E-state index contributed by atoms with van der Waals surface area (Å²) in [5.41, 5.74) is 0. The molecule has 1 unspecified atom stereocenters. The van der Waals surface area contributed by atoms with Gasteiger partial charge < -0.3 is 24.5 Å². The zero-order chi connectivity index (χ0) is 13.5. The van der Waals surface area contributed by atoms with Crippen LogP contribution >= 0.6 is 0 Å². The number of nitrogens with one attached hydrogen (secondary N) is 1. The van der Waals surface area contributed by atoms with E-state index in [0.29, 0.717) is 31.0 Å². The van der Waals surface area contributed by atoms with E-state index in [1.54, 1.807) is 7.11 Å². The van der Waals surface area contributed by atoms with E-state index in [4.69, 9.17) is 14.3 Å². The number of hydrogen-bond donors (Lipinski definition) is 2. The predicted molar refractivity (Wildman–Crippen MR) is 69.9 cm³/mol. The molecule has 1 atom stereocenters. The van der Waals surface area contributed by atoms with Gasteiger partial charge in [0.05, 0.1) is 13.2 Å². The van der Waals surface area contributed by atoms with Gasteiger partial charge in [0.1, 0.15) is 0 Å². The third kappa shape index (κ3) is 4.15. The largest absolute Gasteiger partial charge is 0.407 e. The number of aromatic nitrogens is 2. The second kappa shape index (κ2) is 7.42. The molecule has 2 rings (SSSR count). The summed E-state index contributed by atoms with van der Waals surface area (Å²) >= 11 is 0. The number of aliphatic hydroxyl groups excluding tert-OH is 1. The van der Waals surface area contributed by atoms with E-state index in [-0.39, 0.29) is 6.61 Å². The van der Waals surface area contributed by atoms with Crippen molar-refractivity contribution in [3.05, 3.63) is 5.89 Å². The Bertz CT molecular complexity index is 372. The van der Waals surface area contributed by atoms with E-state index in [0.717, 1.165) is 32.5 Å². The Morgan fingerprint density at radius 2 is 2.42 bits per heavy atom. The molecule has 1 saturated heterocycles. The highest BCUT2D eigenvalue weighted by molar-refractivity contribution is 5.26. The second-order valence-corrected chi connectivity index (χ2v) is 4.76. The molecule has 108 valence electrons. The van der Waals surface area contributed by atoms with Gasteiger partial charge in [0.25, 0.3) is 0 Å². The summed E-state index contributed by atoms with van der Waals surface area (Å²) in [6, 6.07) is 0.587. The lowest BCUT2D eigenvalue weighted by molar-refractivity contribution is 0.198. The molecule has 0 aromatic carbocycles. The van der Waals surface area contributed by atoms with Gasteiger partial charge in [0.2, 0.25) is 5.89 Å². The van der Waals surface area contributed by atoms with Crippen LogP contribution in [0.15, 0.2) is 4.42 Å². The molecule has 0 aliphatic carbocycles. The van der Waals surface area contributed by atoms with Gasteiger partial charge in [-0.25, -0.2) is 0 Å². The lowest BCUT2D eigenvalue weighted by atomic mass is 10.1. The standard InChI is InChI=1S/C12H22N4O3/c1-18-7-4-13-8-11-14-15-12(19-11)16-5-2-10(9-16)3-6-17/h10,13,17H,2-9H2,1H3. The maximum Gasteiger partial charge on any atom is 0.318 e. The molecule has 7 heteroatoms. The number of nitrogens with zero attached hydrogens (tertiary/aromatic N) is 3. The minimum Gasteiger partial charge on any atom is -0.407 e. The molecular formula is C12H22N4O3. The van der Waals surface area contributed by atoms with Gasteiger partial charge in [-0.3, -0.25) is 0 Å². The van der Waals surface area contributed by atoms with E-state index >= 15 is 0 Å². The molecule has 19 heavy (non-hydrogen) atoms. The van der Waals surface area contributed by atoms with Crippen LogP contribution in [0.4, 0.5) is 6.01 Å². The van der Waals surface area contributed by atoms with Crippen LogP contribution in [0.5, 0.6) is 0 Å². The smallest absolute Gasteiger partial charge is 0.318 e. The molecule has 1 fully saturated rings. The number of ether oxygens (including phenoxy) is 1. The summed E-state index contributed by atoms with van der Waals surface area (Å²) in [6.07, 6.45) is 1.92. The first-order valence-electron chi connectivity index (χ1n) is 6.71. The van der Waals surface area contributed by atoms with Crippen LogP contribution in [0.25, 0.3) is 0 Å². The minimum atomic E-state index is 0.247. The Balaban J connectivity index is 1.77. The van der Waals surface area contributed by atoms with Crippen LogP contribution in [-0.2, 0) is 11.3 Å². The molecule has 2 N–H and O–H groups in total. The Morgan fingerprint density at radius 3 is 3.21 bits per heavy atom. The third-order valence-corrected chi connectivity index (χ3v) is 3.31. The molecule has 0 amide bonds. The van der Waals surface area contributed by atoms with E-state index in [9.17, 15) is 0 Å². The van der Waals surface area contributed by atoms with Crippen LogP contribution < -0.4 is 10.2 Å². The van der Waals surface area contributed by atoms with Crippen molar-refractivity contribution in [3.63, 3.8) is 0 Å². The molecule has 0 saturated carbocycles. The second-order valence-electron chi connectivity index (χ2n) is 4.76. The zero-order valence-corrected chi connectivity index (χ0v) is 11.3. The Kier molecular flexibility index (Phi) is 5.56. The summed E-state index contributed by atoms with van der Waals surface area (Å²) in [7, 11) is 1.67. The van der Waals surface area contributed by atoms with Gasteiger partial charge >= 0.3 is 6.01 Å². The van der Waals surface area contributed by atoms with Crippen molar-refractivity contribution in [1.82, 2.24) is 15.5 Å². The van der Waals surface area contributed by atoms with Crippen molar-refractivity contribution in [2.24, 2.45) is 5.92 Å². The highest BCUT2D eigenvalue weighted by Crippen LogP contribution is 2.24. The van der Waals surface area contributed by atoms with Gasteiger partial charge in [0.15, 0.2) is 0 Å². The number of rotatable bonds is 8. The first kappa shape index (κ1) is 14.2. The topological polar surface area (TPSA) is 83.7 Å². The number of anilines is 1. The Morgan fingerprint density at radius 1 is 1.53 bits per heavy atom. The fourth-order valence-electron chi connectivity index (χ4n) is 2.24. The van der Waals surface area contributed by atoms with Crippen molar-refractivity contribution in [2.45, 2.75) is 19.4 Å². The van der Waals surface area contributed by atoms with E-state index in [2.05, 4.69) is 20.4 Å². The van der Waals surface area contributed by atoms with Crippen molar-refractivity contribution in [1.29, 1.82) is 0 Å². The lowest BCUT2D eigenvalue weighted by Crippen LogP contribution is -2.20. The minimum absolute atomic E-state index is 0.247. The van der Waals surface area contributed by atoms with Gasteiger partial charge in [0, 0.05) is 33.4 Å². The summed E-state index contributed by atoms with van der Waals surface area (Å²) in [6.45, 7) is 4.04. The van der Waals surface area contributed by atoms with Crippen LogP contribution in [-0.4, -0.2) is 55.3 Å². The Labute approximate surface area is 112 Å². The van der Waals surface area contributed by atoms with Crippen LogP contribution in [0, 0.1) is 5.92 Å². The normalized spacial score (nSPS) is 19.3. The molecule has 0 spiro atoms.